The van der Waals surface area contributed by atoms with Gasteiger partial charge in [-0.1, -0.05) is 0 Å². The molecule has 2 heterocycles. The van der Waals surface area contributed by atoms with Gasteiger partial charge in [0, 0.05) is 0 Å². The molecule has 0 spiro atoms. The number of aromatic nitrogens is 2. The van der Waals surface area contributed by atoms with Crippen LogP contribution in [0.5, 0.6) is 0 Å². The molecule has 0 atom stereocenters. The van der Waals surface area contributed by atoms with Crippen molar-refractivity contribution in [1.29, 1.82) is 0 Å². The van der Waals surface area contributed by atoms with Crippen LogP contribution in [0.4, 0.5) is 0 Å². The van der Waals surface area contributed by atoms with Crippen molar-refractivity contribution in [2.24, 2.45) is 0 Å². The highest BCUT2D eigenvalue weighted by Gasteiger charge is 2.07. The molecule has 2 aromatic rings. The van der Waals surface area contributed by atoms with Crippen molar-refractivity contribution in [3.63, 3.8) is 0 Å². The zero-order valence-corrected chi connectivity index (χ0v) is 10.6. The van der Waals surface area contributed by atoms with Gasteiger partial charge in [0.2, 0.25) is 11.8 Å². The zero-order chi connectivity index (χ0) is 12.4. The minimum atomic E-state index is 0.579. The van der Waals surface area contributed by atoms with Crippen molar-refractivity contribution in [3.05, 3.63) is 34.7 Å². The molecule has 5 nitrogen and oxygen atoms in total. The van der Waals surface area contributed by atoms with E-state index < -0.39 is 0 Å². The molecule has 92 valence electrons. The van der Waals surface area contributed by atoms with E-state index >= 15 is 0 Å². The van der Waals surface area contributed by atoms with Gasteiger partial charge in [-0.3, -0.25) is 0 Å². The van der Waals surface area contributed by atoms with E-state index in [1.165, 1.54) is 0 Å². The van der Waals surface area contributed by atoms with Crippen molar-refractivity contribution in [1.82, 2.24) is 15.3 Å². The Kier molecular flexibility index (Phi) is 3.28. The number of hydrogen-bond donors (Lipinski definition) is 1. The summed E-state index contributed by atoms with van der Waals surface area (Å²) in [6, 6.07) is 0. The molecule has 0 fully saturated rings. The van der Waals surface area contributed by atoms with Crippen LogP contribution in [0.15, 0.2) is 8.83 Å². The standard InChI is InChI=1S/C12H17N3O2/c1-7-9(3)16-11(14-7)5-13-6-12-15-8(2)10(4)17-12/h13H,5-6H2,1-4H3. The minimum Gasteiger partial charge on any atom is -0.444 e. The van der Waals surface area contributed by atoms with Gasteiger partial charge in [0.1, 0.15) is 11.5 Å². The van der Waals surface area contributed by atoms with Gasteiger partial charge < -0.3 is 14.2 Å². The third-order valence-electron chi connectivity index (χ3n) is 2.70. The Morgan fingerprint density at radius 1 is 0.824 bits per heavy atom. The first-order valence-electron chi connectivity index (χ1n) is 5.63. The van der Waals surface area contributed by atoms with Crippen LogP contribution >= 0.6 is 0 Å². The molecular weight excluding hydrogens is 218 g/mol. The van der Waals surface area contributed by atoms with Crippen molar-refractivity contribution < 1.29 is 8.83 Å². The molecule has 0 bridgehead atoms. The summed E-state index contributed by atoms with van der Waals surface area (Å²) in [5.74, 6) is 3.12. The molecular formula is C12H17N3O2. The van der Waals surface area contributed by atoms with E-state index in [1.54, 1.807) is 0 Å². The lowest BCUT2D eigenvalue weighted by atomic mass is 10.4. The van der Waals surface area contributed by atoms with Gasteiger partial charge in [-0.2, -0.15) is 0 Å². The number of rotatable bonds is 4. The maximum absolute atomic E-state index is 5.46. The molecule has 0 aliphatic rings. The van der Waals surface area contributed by atoms with Crippen molar-refractivity contribution in [3.8, 4) is 0 Å². The predicted molar refractivity (Wildman–Crippen MR) is 62.5 cm³/mol. The van der Waals surface area contributed by atoms with Gasteiger partial charge in [-0.25, -0.2) is 9.97 Å². The molecule has 5 heteroatoms. The summed E-state index contributed by atoms with van der Waals surface area (Å²) in [5, 5.41) is 3.19. The Morgan fingerprint density at radius 2 is 1.24 bits per heavy atom. The van der Waals surface area contributed by atoms with E-state index in [4.69, 9.17) is 8.83 Å². The van der Waals surface area contributed by atoms with Crippen LogP contribution in [0.1, 0.15) is 34.7 Å². The normalized spacial score (nSPS) is 11.1. The molecule has 2 aromatic heterocycles. The molecule has 0 saturated carbocycles. The molecule has 17 heavy (non-hydrogen) atoms. The number of oxazole rings is 2. The second-order valence-electron chi connectivity index (χ2n) is 4.10. The maximum atomic E-state index is 5.46. The largest absolute Gasteiger partial charge is 0.444 e. The smallest absolute Gasteiger partial charge is 0.208 e. The van der Waals surface area contributed by atoms with Gasteiger partial charge in [-0.05, 0) is 27.7 Å². The first-order valence-corrected chi connectivity index (χ1v) is 5.63. The van der Waals surface area contributed by atoms with Crippen molar-refractivity contribution >= 4 is 0 Å². The predicted octanol–water partition coefficient (Wildman–Crippen LogP) is 2.19. The molecule has 0 aromatic carbocycles. The molecule has 0 unspecified atom stereocenters. The maximum Gasteiger partial charge on any atom is 0.208 e. The number of hydrogen-bond acceptors (Lipinski definition) is 5. The van der Waals surface area contributed by atoms with Crippen LogP contribution in [0.3, 0.4) is 0 Å². The average molecular weight is 235 g/mol. The Hall–Kier alpha value is -1.62. The fourth-order valence-corrected chi connectivity index (χ4v) is 1.51. The van der Waals surface area contributed by atoms with Gasteiger partial charge in [0.05, 0.1) is 24.5 Å². The highest BCUT2D eigenvalue weighted by Crippen LogP contribution is 2.09. The fourth-order valence-electron chi connectivity index (χ4n) is 1.51. The van der Waals surface area contributed by atoms with Crippen molar-refractivity contribution in [2.45, 2.75) is 40.8 Å². The summed E-state index contributed by atoms with van der Waals surface area (Å²) >= 11 is 0. The lowest BCUT2D eigenvalue weighted by Gasteiger charge is -1.97. The summed E-state index contributed by atoms with van der Waals surface area (Å²) in [7, 11) is 0. The first-order chi connectivity index (χ1) is 8.06. The third kappa shape index (κ3) is 2.74. The van der Waals surface area contributed by atoms with E-state index in [0.29, 0.717) is 24.9 Å². The quantitative estimate of drug-likeness (QED) is 0.880. The van der Waals surface area contributed by atoms with E-state index in [9.17, 15) is 0 Å². The van der Waals surface area contributed by atoms with E-state index in [-0.39, 0.29) is 0 Å². The minimum absolute atomic E-state index is 0.579. The Balaban J connectivity index is 1.87. The Morgan fingerprint density at radius 3 is 1.53 bits per heavy atom. The number of aryl methyl sites for hydroxylation is 4. The lowest BCUT2D eigenvalue weighted by molar-refractivity contribution is 0.418. The average Bonchev–Trinajstić information content (AvgIpc) is 2.73. The van der Waals surface area contributed by atoms with Gasteiger partial charge in [-0.15, -0.1) is 0 Å². The summed E-state index contributed by atoms with van der Waals surface area (Å²) in [6.45, 7) is 8.84. The van der Waals surface area contributed by atoms with Crippen LogP contribution < -0.4 is 5.32 Å². The Labute approximate surface area is 100 Å². The topological polar surface area (TPSA) is 64.1 Å². The van der Waals surface area contributed by atoms with E-state index in [0.717, 1.165) is 22.9 Å². The zero-order valence-electron chi connectivity index (χ0n) is 10.6. The molecule has 0 saturated heterocycles. The summed E-state index contributed by atoms with van der Waals surface area (Å²) in [6.07, 6.45) is 0. The summed E-state index contributed by atoms with van der Waals surface area (Å²) in [5.41, 5.74) is 1.87. The molecule has 0 radical (unpaired) electrons. The van der Waals surface area contributed by atoms with Gasteiger partial charge in [0.25, 0.3) is 0 Å². The van der Waals surface area contributed by atoms with Gasteiger partial charge in [0.15, 0.2) is 0 Å². The third-order valence-corrected chi connectivity index (χ3v) is 2.70. The number of nitrogens with zero attached hydrogens (tertiary/aromatic N) is 2. The highest BCUT2D eigenvalue weighted by molar-refractivity contribution is 5.06. The second kappa shape index (κ2) is 4.71. The van der Waals surface area contributed by atoms with Crippen LogP contribution in [0.2, 0.25) is 0 Å². The molecule has 0 aliphatic carbocycles. The first kappa shape index (κ1) is 11.9. The van der Waals surface area contributed by atoms with Crippen molar-refractivity contribution in [2.75, 3.05) is 0 Å². The monoisotopic (exact) mass is 235 g/mol. The Bertz CT molecular complexity index is 429. The number of nitrogens with one attached hydrogen (secondary N) is 1. The molecule has 0 amide bonds. The van der Waals surface area contributed by atoms with Crippen LogP contribution in [-0.4, -0.2) is 9.97 Å². The summed E-state index contributed by atoms with van der Waals surface area (Å²) in [4.78, 5) is 8.57. The molecule has 1 N–H and O–H groups in total. The van der Waals surface area contributed by atoms with Crippen LogP contribution in [0, 0.1) is 27.7 Å². The van der Waals surface area contributed by atoms with E-state index in [2.05, 4.69) is 15.3 Å². The molecule has 2 rings (SSSR count). The van der Waals surface area contributed by atoms with Gasteiger partial charge >= 0.3 is 0 Å². The van der Waals surface area contributed by atoms with Crippen LogP contribution in [0.25, 0.3) is 0 Å². The fraction of sp³-hybridized carbons (Fsp3) is 0.500. The highest BCUT2D eigenvalue weighted by atomic mass is 16.4. The summed E-state index contributed by atoms with van der Waals surface area (Å²) < 4.78 is 10.9. The van der Waals surface area contributed by atoms with Crippen LogP contribution in [-0.2, 0) is 13.1 Å². The SMILES string of the molecule is Cc1nc(CNCc2nc(C)c(C)o2)oc1C. The van der Waals surface area contributed by atoms with E-state index in [1.807, 2.05) is 27.7 Å². The second-order valence-corrected chi connectivity index (χ2v) is 4.10. The molecule has 0 aliphatic heterocycles. The lowest BCUT2D eigenvalue weighted by Crippen LogP contribution is -2.13.